The van der Waals surface area contributed by atoms with Crippen LogP contribution >= 0.6 is 31.9 Å². The molecule has 0 saturated heterocycles. The van der Waals surface area contributed by atoms with Crippen LogP contribution in [0, 0.1) is 5.92 Å². The fourth-order valence-corrected chi connectivity index (χ4v) is 2.20. The van der Waals surface area contributed by atoms with E-state index in [0.29, 0.717) is 5.92 Å². The summed E-state index contributed by atoms with van der Waals surface area (Å²) in [7, 11) is 0. The summed E-state index contributed by atoms with van der Waals surface area (Å²) >= 11 is 6.84. The second-order valence-electron chi connectivity index (χ2n) is 3.69. The van der Waals surface area contributed by atoms with E-state index >= 15 is 0 Å². The normalized spacial score (nSPS) is 13.3. The highest BCUT2D eigenvalue weighted by atomic mass is 79.9. The highest BCUT2D eigenvalue weighted by Crippen LogP contribution is 2.21. The van der Waals surface area contributed by atoms with E-state index in [1.54, 1.807) is 6.20 Å². The molecule has 1 heterocycles. The summed E-state index contributed by atoms with van der Waals surface area (Å²) in [5.41, 5.74) is 7.01. The average Bonchev–Trinajstić information content (AvgIpc) is 2.09. The maximum absolute atomic E-state index is 5.98. The van der Waals surface area contributed by atoms with Crippen LogP contribution in [0.1, 0.15) is 19.5 Å². The molecule has 0 bridgehead atoms. The predicted molar refractivity (Wildman–Crippen MR) is 66.2 cm³/mol. The number of hydrogen-bond donors (Lipinski definition) is 1. The Labute approximate surface area is 102 Å². The SMILES string of the molecule is CC(C)C(N)Cc1ncc(Br)cc1Br. The lowest BCUT2D eigenvalue weighted by molar-refractivity contribution is 0.486. The number of nitrogens with zero attached hydrogens (tertiary/aromatic N) is 1. The van der Waals surface area contributed by atoms with Gasteiger partial charge in [-0.05, 0) is 43.8 Å². The minimum absolute atomic E-state index is 0.167. The molecule has 0 aliphatic rings. The molecule has 0 radical (unpaired) electrons. The van der Waals surface area contributed by atoms with E-state index in [0.717, 1.165) is 21.1 Å². The van der Waals surface area contributed by atoms with Crippen LogP contribution < -0.4 is 5.73 Å². The fourth-order valence-electron chi connectivity index (χ4n) is 1.05. The molecule has 14 heavy (non-hydrogen) atoms. The Morgan fingerprint density at radius 3 is 2.57 bits per heavy atom. The van der Waals surface area contributed by atoms with Crippen LogP contribution in [0.3, 0.4) is 0 Å². The lowest BCUT2D eigenvalue weighted by atomic mass is 10.0. The second-order valence-corrected chi connectivity index (χ2v) is 5.46. The molecule has 0 saturated carbocycles. The van der Waals surface area contributed by atoms with Gasteiger partial charge in [-0.1, -0.05) is 13.8 Å². The van der Waals surface area contributed by atoms with Gasteiger partial charge >= 0.3 is 0 Å². The van der Waals surface area contributed by atoms with E-state index in [-0.39, 0.29) is 6.04 Å². The highest BCUT2D eigenvalue weighted by molar-refractivity contribution is 9.11. The van der Waals surface area contributed by atoms with Crippen LogP contribution in [-0.2, 0) is 6.42 Å². The van der Waals surface area contributed by atoms with Crippen LogP contribution in [0.25, 0.3) is 0 Å². The van der Waals surface area contributed by atoms with Gasteiger partial charge in [0.2, 0.25) is 0 Å². The first kappa shape index (κ1) is 12.1. The fraction of sp³-hybridized carbons (Fsp3) is 0.500. The lowest BCUT2D eigenvalue weighted by Gasteiger charge is -2.15. The van der Waals surface area contributed by atoms with E-state index in [2.05, 4.69) is 50.7 Å². The number of halogens is 2. The molecule has 1 rings (SSSR count). The monoisotopic (exact) mass is 320 g/mol. The molecule has 1 aromatic heterocycles. The Kier molecular flexibility index (Phi) is 4.54. The van der Waals surface area contributed by atoms with Gasteiger partial charge in [0, 0.05) is 27.6 Å². The maximum atomic E-state index is 5.98. The third-order valence-electron chi connectivity index (χ3n) is 2.17. The second kappa shape index (κ2) is 5.24. The number of rotatable bonds is 3. The zero-order chi connectivity index (χ0) is 10.7. The largest absolute Gasteiger partial charge is 0.327 e. The molecule has 78 valence electrons. The Hall–Kier alpha value is 0.0700. The van der Waals surface area contributed by atoms with Crippen molar-refractivity contribution in [3.8, 4) is 0 Å². The predicted octanol–water partition coefficient (Wildman–Crippen LogP) is 3.13. The van der Waals surface area contributed by atoms with E-state index in [9.17, 15) is 0 Å². The van der Waals surface area contributed by atoms with Crippen molar-refractivity contribution in [1.29, 1.82) is 0 Å². The van der Waals surface area contributed by atoms with Gasteiger partial charge in [0.25, 0.3) is 0 Å². The zero-order valence-corrected chi connectivity index (χ0v) is 11.5. The van der Waals surface area contributed by atoms with Crippen molar-refractivity contribution < 1.29 is 0 Å². The van der Waals surface area contributed by atoms with Crippen molar-refractivity contribution in [2.75, 3.05) is 0 Å². The molecule has 0 amide bonds. The average molecular weight is 322 g/mol. The van der Waals surface area contributed by atoms with Gasteiger partial charge < -0.3 is 5.73 Å². The maximum Gasteiger partial charge on any atom is 0.0561 e. The van der Waals surface area contributed by atoms with Crippen molar-refractivity contribution in [2.24, 2.45) is 11.7 Å². The smallest absolute Gasteiger partial charge is 0.0561 e. The molecule has 4 heteroatoms. The quantitative estimate of drug-likeness (QED) is 0.929. The summed E-state index contributed by atoms with van der Waals surface area (Å²) in [5, 5.41) is 0. The number of hydrogen-bond acceptors (Lipinski definition) is 2. The number of nitrogens with two attached hydrogens (primary N) is 1. The molecule has 0 spiro atoms. The molecule has 0 aromatic carbocycles. The van der Waals surface area contributed by atoms with Crippen LogP contribution in [0.4, 0.5) is 0 Å². The third-order valence-corrected chi connectivity index (χ3v) is 3.29. The molecule has 1 aromatic rings. The van der Waals surface area contributed by atoms with Crippen molar-refractivity contribution in [2.45, 2.75) is 26.3 Å². The third kappa shape index (κ3) is 3.33. The molecular weight excluding hydrogens is 308 g/mol. The molecular formula is C10H14Br2N2. The molecule has 1 unspecified atom stereocenters. The summed E-state index contributed by atoms with van der Waals surface area (Å²) in [6.45, 7) is 4.24. The Morgan fingerprint density at radius 2 is 2.07 bits per heavy atom. The van der Waals surface area contributed by atoms with Gasteiger partial charge in [-0.2, -0.15) is 0 Å². The standard InChI is InChI=1S/C10H14Br2N2/c1-6(2)9(13)4-10-8(12)3-7(11)5-14-10/h3,5-6,9H,4,13H2,1-2H3. The van der Waals surface area contributed by atoms with Gasteiger partial charge in [-0.25, -0.2) is 0 Å². The summed E-state index contributed by atoms with van der Waals surface area (Å²) in [6.07, 6.45) is 2.61. The zero-order valence-electron chi connectivity index (χ0n) is 8.30. The summed E-state index contributed by atoms with van der Waals surface area (Å²) in [4.78, 5) is 4.33. The number of aromatic nitrogens is 1. The Morgan fingerprint density at radius 1 is 1.43 bits per heavy atom. The molecule has 2 N–H and O–H groups in total. The molecule has 2 nitrogen and oxygen atoms in total. The van der Waals surface area contributed by atoms with Gasteiger partial charge in [0.05, 0.1) is 5.69 Å². The van der Waals surface area contributed by atoms with E-state index in [1.165, 1.54) is 0 Å². The first-order valence-electron chi connectivity index (χ1n) is 4.56. The van der Waals surface area contributed by atoms with Crippen LogP contribution in [0.5, 0.6) is 0 Å². The van der Waals surface area contributed by atoms with E-state index < -0.39 is 0 Å². The molecule has 0 fully saturated rings. The topological polar surface area (TPSA) is 38.9 Å². The van der Waals surface area contributed by atoms with Crippen LogP contribution in [0.2, 0.25) is 0 Å². The Balaban J connectivity index is 2.77. The summed E-state index contributed by atoms with van der Waals surface area (Å²) < 4.78 is 1.99. The molecule has 0 aliphatic heterocycles. The molecule has 0 aliphatic carbocycles. The van der Waals surface area contributed by atoms with E-state index in [4.69, 9.17) is 5.73 Å². The lowest BCUT2D eigenvalue weighted by Crippen LogP contribution is -2.29. The molecule has 1 atom stereocenters. The van der Waals surface area contributed by atoms with Crippen molar-refractivity contribution in [3.05, 3.63) is 26.9 Å². The van der Waals surface area contributed by atoms with E-state index in [1.807, 2.05) is 6.07 Å². The minimum Gasteiger partial charge on any atom is -0.327 e. The van der Waals surface area contributed by atoms with Gasteiger partial charge in [0.1, 0.15) is 0 Å². The van der Waals surface area contributed by atoms with Gasteiger partial charge in [-0.3, -0.25) is 4.98 Å². The first-order valence-corrected chi connectivity index (χ1v) is 6.14. The van der Waals surface area contributed by atoms with Crippen molar-refractivity contribution in [1.82, 2.24) is 4.98 Å². The Bertz CT molecular complexity index is 313. The highest BCUT2D eigenvalue weighted by Gasteiger charge is 2.11. The van der Waals surface area contributed by atoms with Gasteiger partial charge in [0.15, 0.2) is 0 Å². The van der Waals surface area contributed by atoms with Gasteiger partial charge in [-0.15, -0.1) is 0 Å². The van der Waals surface area contributed by atoms with Crippen LogP contribution in [-0.4, -0.2) is 11.0 Å². The van der Waals surface area contributed by atoms with Crippen LogP contribution in [0.15, 0.2) is 21.2 Å². The summed E-state index contributed by atoms with van der Waals surface area (Å²) in [6, 6.07) is 2.16. The first-order chi connectivity index (χ1) is 6.50. The van der Waals surface area contributed by atoms with Crippen molar-refractivity contribution >= 4 is 31.9 Å². The summed E-state index contributed by atoms with van der Waals surface area (Å²) in [5.74, 6) is 0.479. The van der Waals surface area contributed by atoms with Crippen molar-refractivity contribution in [3.63, 3.8) is 0 Å². The minimum atomic E-state index is 0.167. The number of pyridine rings is 1.